The lowest BCUT2D eigenvalue weighted by Gasteiger charge is -2.28. The molecular weight excluding hydrogens is 359 g/mol. The number of benzene rings is 2. The Kier molecular flexibility index (Phi) is 4.83. The summed E-state index contributed by atoms with van der Waals surface area (Å²) in [4.78, 5) is 22.1. The van der Waals surface area contributed by atoms with Crippen LogP contribution in [0.15, 0.2) is 47.3 Å². The number of nitrogens with zero attached hydrogens (tertiary/aromatic N) is 2. The highest BCUT2D eigenvalue weighted by atomic mass is 19.1. The molecule has 0 aliphatic carbocycles. The molecule has 2 heterocycles. The van der Waals surface area contributed by atoms with Crippen molar-refractivity contribution in [3.05, 3.63) is 75.5 Å². The molecule has 28 heavy (non-hydrogen) atoms. The molecule has 3 N–H and O–H groups in total. The summed E-state index contributed by atoms with van der Waals surface area (Å²) < 4.78 is 19.3. The molecule has 0 spiro atoms. The molecule has 0 radical (unpaired) electrons. The Bertz CT molecular complexity index is 1060. The third kappa shape index (κ3) is 3.61. The van der Waals surface area contributed by atoms with Crippen molar-refractivity contribution in [3.63, 3.8) is 0 Å². The molecule has 1 aliphatic rings. The zero-order chi connectivity index (χ0) is 19.7. The molecule has 6 nitrogen and oxygen atoms in total. The molecule has 1 aliphatic heterocycles. The Labute approximate surface area is 161 Å². The quantitative estimate of drug-likeness (QED) is 0.680. The van der Waals surface area contributed by atoms with Crippen LogP contribution >= 0.6 is 0 Å². The Morgan fingerprint density at radius 1 is 1.25 bits per heavy atom. The predicted octanol–water partition coefficient (Wildman–Crippen LogP) is 2.73. The van der Waals surface area contributed by atoms with Gasteiger partial charge in [-0.15, -0.1) is 0 Å². The van der Waals surface area contributed by atoms with Gasteiger partial charge in [-0.05, 0) is 36.8 Å². The molecule has 7 heteroatoms. The first-order chi connectivity index (χ1) is 13.5. The van der Waals surface area contributed by atoms with E-state index in [0.717, 1.165) is 11.3 Å². The van der Waals surface area contributed by atoms with Gasteiger partial charge in [-0.25, -0.2) is 9.37 Å². The number of nitrogens with two attached hydrogens (primary N) is 1. The van der Waals surface area contributed by atoms with Gasteiger partial charge in [-0.1, -0.05) is 6.07 Å². The number of aromatic amines is 1. The van der Waals surface area contributed by atoms with Crippen LogP contribution in [0.2, 0.25) is 0 Å². The molecule has 3 aromatic rings. The first-order valence-corrected chi connectivity index (χ1v) is 9.06. The lowest BCUT2D eigenvalue weighted by atomic mass is 10.0. The number of ether oxygens (including phenoxy) is 1. The van der Waals surface area contributed by atoms with Crippen LogP contribution in [-0.4, -0.2) is 28.5 Å². The minimum Gasteiger partial charge on any atom is -0.497 e. The molecule has 0 saturated carbocycles. The van der Waals surface area contributed by atoms with Crippen LogP contribution in [0, 0.1) is 5.82 Å². The number of halogens is 1. The third-order valence-corrected chi connectivity index (χ3v) is 4.99. The molecule has 4 rings (SSSR count). The number of rotatable bonds is 4. The van der Waals surface area contributed by atoms with Crippen molar-refractivity contribution < 1.29 is 9.13 Å². The number of H-pyrrole nitrogens is 1. The van der Waals surface area contributed by atoms with Gasteiger partial charge in [0.05, 0.1) is 12.8 Å². The summed E-state index contributed by atoms with van der Waals surface area (Å²) in [5.74, 6) is 0.708. The smallest absolute Gasteiger partial charge is 0.254 e. The minimum absolute atomic E-state index is 0.118. The fourth-order valence-electron chi connectivity index (χ4n) is 3.43. The maximum absolute atomic E-state index is 14.3. The average molecular weight is 380 g/mol. The Balaban J connectivity index is 1.59. The predicted molar refractivity (Wildman–Crippen MR) is 105 cm³/mol. The van der Waals surface area contributed by atoms with E-state index in [9.17, 15) is 9.18 Å². The topological polar surface area (TPSA) is 84.2 Å². The number of nitrogens with one attached hydrogen (secondary N) is 1. The fourth-order valence-corrected chi connectivity index (χ4v) is 3.43. The largest absolute Gasteiger partial charge is 0.497 e. The molecule has 0 saturated heterocycles. The van der Waals surface area contributed by atoms with Crippen molar-refractivity contribution in [3.8, 4) is 17.1 Å². The van der Waals surface area contributed by atoms with Gasteiger partial charge >= 0.3 is 0 Å². The Morgan fingerprint density at radius 3 is 2.75 bits per heavy atom. The lowest BCUT2D eigenvalue weighted by Crippen LogP contribution is -2.35. The van der Waals surface area contributed by atoms with Crippen LogP contribution in [0.5, 0.6) is 5.75 Å². The average Bonchev–Trinajstić information content (AvgIpc) is 2.69. The second-order valence-corrected chi connectivity index (χ2v) is 6.88. The zero-order valence-corrected chi connectivity index (χ0v) is 15.5. The standard InChI is InChI=1S/C21H21FN4O2/c1-28-16-7-4-14(18(22)10-16)11-26-9-8-17-19(12-26)24-20(25-21(17)27)13-2-5-15(23)6-3-13/h2-7,10H,8-9,11-12,23H2,1H3,(H,24,25,27). The molecule has 2 aromatic carbocycles. The summed E-state index contributed by atoms with van der Waals surface area (Å²) in [5, 5.41) is 0. The van der Waals surface area contributed by atoms with Crippen LogP contribution in [-0.2, 0) is 19.5 Å². The number of nitrogen functional groups attached to an aromatic ring is 1. The number of aromatic nitrogens is 2. The van der Waals surface area contributed by atoms with Gasteiger partial charge in [-0.2, -0.15) is 0 Å². The number of hydrogen-bond acceptors (Lipinski definition) is 5. The van der Waals surface area contributed by atoms with E-state index < -0.39 is 0 Å². The number of hydrogen-bond donors (Lipinski definition) is 2. The zero-order valence-electron chi connectivity index (χ0n) is 15.5. The molecular formula is C21H21FN4O2. The van der Waals surface area contributed by atoms with Gasteiger partial charge in [-0.3, -0.25) is 9.69 Å². The second-order valence-electron chi connectivity index (χ2n) is 6.88. The number of fused-ring (bicyclic) bond motifs is 1. The lowest BCUT2D eigenvalue weighted by molar-refractivity contribution is 0.237. The van der Waals surface area contributed by atoms with Crippen LogP contribution in [0.25, 0.3) is 11.4 Å². The van der Waals surface area contributed by atoms with Gasteiger partial charge in [0.25, 0.3) is 5.56 Å². The summed E-state index contributed by atoms with van der Waals surface area (Å²) in [6.07, 6.45) is 0.581. The van der Waals surface area contributed by atoms with Gasteiger partial charge in [0.2, 0.25) is 0 Å². The summed E-state index contributed by atoms with van der Waals surface area (Å²) in [6.45, 7) is 1.61. The summed E-state index contributed by atoms with van der Waals surface area (Å²) >= 11 is 0. The number of methoxy groups -OCH3 is 1. The van der Waals surface area contributed by atoms with Crippen molar-refractivity contribution in [2.45, 2.75) is 19.5 Å². The highest BCUT2D eigenvalue weighted by molar-refractivity contribution is 5.58. The SMILES string of the molecule is COc1ccc(CN2CCc3c(nc(-c4ccc(N)cc4)[nH]c3=O)C2)c(F)c1. The molecule has 0 atom stereocenters. The van der Waals surface area contributed by atoms with E-state index in [0.29, 0.717) is 54.4 Å². The fraction of sp³-hybridized carbons (Fsp3) is 0.238. The highest BCUT2D eigenvalue weighted by Gasteiger charge is 2.22. The van der Waals surface area contributed by atoms with Crippen LogP contribution < -0.4 is 16.0 Å². The van der Waals surface area contributed by atoms with Crippen LogP contribution in [0.4, 0.5) is 10.1 Å². The van der Waals surface area contributed by atoms with Crippen LogP contribution in [0.3, 0.4) is 0 Å². The summed E-state index contributed by atoms with van der Waals surface area (Å²) in [7, 11) is 1.51. The molecule has 144 valence electrons. The van der Waals surface area contributed by atoms with E-state index in [1.165, 1.54) is 13.2 Å². The molecule has 0 bridgehead atoms. The third-order valence-electron chi connectivity index (χ3n) is 4.99. The van der Waals surface area contributed by atoms with E-state index in [2.05, 4.69) is 14.9 Å². The molecule has 1 aromatic heterocycles. The van der Waals surface area contributed by atoms with E-state index >= 15 is 0 Å². The Hall–Kier alpha value is -3.19. The van der Waals surface area contributed by atoms with Crippen molar-refractivity contribution in [2.75, 3.05) is 19.4 Å². The normalized spacial score (nSPS) is 13.9. The van der Waals surface area contributed by atoms with Crippen molar-refractivity contribution in [1.82, 2.24) is 14.9 Å². The first kappa shape index (κ1) is 18.2. The van der Waals surface area contributed by atoms with Crippen LogP contribution in [0.1, 0.15) is 16.8 Å². The van der Waals surface area contributed by atoms with Gasteiger partial charge in [0.1, 0.15) is 17.4 Å². The van der Waals surface area contributed by atoms with Gasteiger partial charge in [0, 0.05) is 48.1 Å². The van der Waals surface area contributed by atoms with E-state index in [4.69, 9.17) is 10.5 Å². The van der Waals surface area contributed by atoms with Crippen molar-refractivity contribution in [2.24, 2.45) is 0 Å². The molecule has 0 unspecified atom stereocenters. The first-order valence-electron chi connectivity index (χ1n) is 9.06. The number of anilines is 1. The monoisotopic (exact) mass is 380 g/mol. The molecule has 0 amide bonds. The second kappa shape index (κ2) is 7.44. The van der Waals surface area contributed by atoms with Gasteiger partial charge in [0.15, 0.2) is 0 Å². The van der Waals surface area contributed by atoms with E-state index in [1.807, 2.05) is 12.1 Å². The van der Waals surface area contributed by atoms with Crippen molar-refractivity contribution in [1.29, 1.82) is 0 Å². The summed E-state index contributed by atoms with van der Waals surface area (Å²) in [6, 6.07) is 12.1. The maximum atomic E-state index is 14.3. The van der Waals surface area contributed by atoms with E-state index in [1.54, 1.807) is 24.3 Å². The van der Waals surface area contributed by atoms with E-state index in [-0.39, 0.29) is 11.4 Å². The maximum Gasteiger partial charge on any atom is 0.254 e. The van der Waals surface area contributed by atoms with Crippen molar-refractivity contribution >= 4 is 5.69 Å². The van der Waals surface area contributed by atoms with Gasteiger partial charge < -0.3 is 15.5 Å². The molecule has 0 fully saturated rings. The minimum atomic E-state index is -0.299. The summed E-state index contributed by atoms with van der Waals surface area (Å²) in [5.41, 5.74) is 9.08. The Morgan fingerprint density at radius 2 is 2.04 bits per heavy atom. The highest BCUT2D eigenvalue weighted by Crippen LogP contribution is 2.23.